The van der Waals surface area contributed by atoms with Crippen LogP contribution in [0.2, 0.25) is 0 Å². The summed E-state index contributed by atoms with van der Waals surface area (Å²) in [4.78, 5) is 32.2. The number of aliphatic imine (C=N–C) groups is 1. The number of esters is 1. The molecule has 0 radical (unpaired) electrons. The van der Waals surface area contributed by atoms with Crippen LogP contribution in [0.3, 0.4) is 0 Å². The minimum atomic E-state index is -0.736. The zero-order valence-electron chi connectivity index (χ0n) is 22.9. The van der Waals surface area contributed by atoms with Gasteiger partial charge >= 0.3 is 5.97 Å². The van der Waals surface area contributed by atoms with Gasteiger partial charge in [-0.15, -0.1) is 0 Å². The van der Waals surface area contributed by atoms with Gasteiger partial charge in [0.25, 0.3) is 0 Å². The molecule has 1 aliphatic heterocycles. The highest BCUT2D eigenvalue weighted by Crippen LogP contribution is 2.47. The number of Topliss-reactive ketones (excluding diaryl/α,β-unsaturated/α-hetero) is 1. The van der Waals surface area contributed by atoms with Gasteiger partial charge in [-0.1, -0.05) is 48.5 Å². The highest BCUT2D eigenvalue weighted by atomic mass is 16.5. The molecule has 1 heterocycles. The van der Waals surface area contributed by atoms with Crippen molar-refractivity contribution in [2.75, 3.05) is 20.8 Å². The average Bonchev–Trinajstić information content (AvgIpc) is 2.96. The Hall–Kier alpha value is -4.39. The molecule has 206 valence electrons. The standard InChI is InChI=1S/C33H33NO6/c1-20-30(33(37)40-16-15-21-7-5-4-6-8-21)31(22-9-12-25(35)13-10-22)32-26(34-20)17-24(18-27(32)36)23-11-14-28(38-2)29(19-23)39-3/h4-14,19,24,30-31,35H,15-18H2,1-3H3/t24-,30?,31+/m0/s1. The Morgan fingerprint density at radius 2 is 1.62 bits per heavy atom. The van der Waals surface area contributed by atoms with E-state index in [1.165, 1.54) is 0 Å². The van der Waals surface area contributed by atoms with Crippen LogP contribution in [0.5, 0.6) is 17.2 Å². The maximum absolute atomic E-state index is 13.8. The highest BCUT2D eigenvalue weighted by molar-refractivity contribution is 6.09. The van der Waals surface area contributed by atoms with Crippen molar-refractivity contribution in [1.29, 1.82) is 0 Å². The van der Waals surface area contributed by atoms with Gasteiger partial charge in [-0.05, 0) is 60.2 Å². The maximum Gasteiger partial charge on any atom is 0.315 e. The van der Waals surface area contributed by atoms with Gasteiger partial charge in [0.1, 0.15) is 11.7 Å². The van der Waals surface area contributed by atoms with E-state index in [0.717, 1.165) is 16.7 Å². The van der Waals surface area contributed by atoms with Crippen molar-refractivity contribution in [3.05, 3.63) is 101 Å². The number of rotatable bonds is 8. The normalized spacial score (nSPS) is 20.4. The molecule has 7 nitrogen and oxygen atoms in total. The van der Waals surface area contributed by atoms with Crippen molar-refractivity contribution < 1.29 is 28.9 Å². The number of hydrogen-bond acceptors (Lipinski definition) is 7. The van der Waals surface area contributed by atoms with Crippen LogP contribution in [-0.2, 0) is 20.7 Å². The van der Waals surface area contributed by atoms with E-state index in [4.69, 9.17) is 19.2 Å². The average molecular weight is 540 g/mol. The van der Waals surface area contributed by atoms with E-state index >= 15 is 0 Å². The number of phenolic OH excluding ortho intramolecular Hbond substituents is 1. The molecule has 0 fully saturated rings. The molecule has 0 saturated carbocycles. The second-order valence-corrected chi connectivity index (χ2v) is 10.2. The fourth-order valence-corrected chi connectivity index (χ4v) is 5.75. The fraction of sp³-hybridized carbons (Fsp3) is 0.303. The molecule has 5 rings (SSSR count). The second kappa shape index (κ2) is 11.8. The van der Waals surface area contributed by atoms with Crippen molar-refractivity contribution in [3.63, 3.8) is 0 Å². The molecule has 0 bridgehead atoms. The van der Waals surface area contributed by atoms with Crippen LogP contribution >= 0.6 is 0 Å². The Kier molecular flexibility index (Phi) is 8.01. The van der Waals surface area contributed by atoms with E-state index in [9.17, 15) is 14.7 Å². The lowest BCUT2D eigenvalue weighted by molar-refractivity contribution is -0.146. The zero-order valence-corrected chi connectivity index (χ0v) is 22.9. The number of nitrogens with zero attached hydrogens (tertiary/aromatic N) is 1. The number of phenols is 1. The first-order chi connectivity index (χ1) is 19.4. The summed E-state index contributed by atoms with van der Waals surface area (Å²) in [6, 6.07) is 22.2. The molecule has 1 N–H and O–H groups in total. The van der Waals surface area contributed by atoms with Crippen LogP contribution in [0.4, 0.5) is 0 Å². The SMILES string of the molecule is COc1ccc([C@@H]2CC(=O)C3=C(C2)N=C(C)C(C(=O)OCCc2ccccc2)[C@H]3c2ccc(O)cc2)cc1OC. The molecule has 0 aromatic heterocycles. The van der Waals surface area contributed by atoms with Gasteiger partial charge < -0.3 is 19.3 Å². The summed E-state index contributed by atoms with van der Waals surface area (Å²) in [6.45, 7) is 2.06. The number of allylic oxidation sites excluding steroid dienone is 2. The molecule has 3 atom stereocenters. The van der Waals surface area contributed by atoms with Crippen molar-refractivity contribution >= 4 is 17.5 Å². The number of hydrogen-bond donors (Lipinski definition) is 1. The van der Waals surface area contributed by atoms with Crippen LogP contribution < -0.4 is 9.47 Å². The molecule has 1 aliphatic carbocycles. The summed E-state index contributed by atoms with van der Waals surface area (Å²) < 4.78 is 16.6. The Labute approximate surface area is 234 Å². The summed E-state index contributed by atoms with van der Waals surface area (Å²) >= 11 is 0. The Bertz CT molecular complexity index is 1460. The largest absolute Gasteiger partial charge is 0.508 e. The third-order valence-electron chi connectivity index (χ3n) is 7.75. The molecule has 7 heteroatoms. The number of ketones is 1. The number of benzene rings is 3. The molecule has 3 aromatic carbocycles. The summed E-state index contributed by atoms with van der Waals surface area (Å²) in [5.74, 6) is -0.468. The summed E-state index contributed by atoms with van der Waals surface area (Å²) in [6.07, 6.45) is 1.44. The zero-order chi connectivity index (χ0) is 28.2. The van der Waals surface area contributed by atoms with Gasteiger partial charge in [0.05, 0.1) is 20.8 Å². The first kappa shape index (κ1) is 27.2. The van der Waals surface area contributed by atoms with Gasteiger partial charge in [-0.2, -0.15) is 0 Å². The van der Waals surface area contributed by atoms with Crippen LogP contribution in [-0.4, -0.2) is 43.4 Å². The number of ether oxygens (including phenoxy) is 3. The van der Waals surface area contributed by atoms with Crippen LogP contribution in [0.1, 0.15) is 48.3 Å². The van der Waals surface area contributed by atoms with Crippen molar-refractivity contribution in [1.82, 2.24) is 0 Å². The molecule has 0 amide bonds. The molecule has 40 heavy (non-hydrogen) atoms. The first-order valence-corrected chi connectivity index (χ1v) is 13.4. The molecular weight excluding hydrogens is 506 g/mol. The first-order valence-electron chi connectivity index (χ1n) is 13.4. The van der Waals surface area contributed by atoms with Crippen molar-refractivity contribution in [3.8, 4) is 17.2 Å². The predicted octanol–water partition coefficient (Wildman–Crippen LogP) is 5.77. The monoisotopic (exact) mass is 539 g/mol. The van der Waals surface area contributed by atoms with Gasteiger partial charge in [-0.25, -0.2) is 0 Å². The van der Waals surface area contributed by atoms with E-state index in [-0.39, 0.29) is 30.5 Å². The Morgan fingerprint density at radius 3 is 2.33 bits per heavy atom. The molecule has 1 unspecified atom stereocenters. The van der Waals surface area contributed by atoms with Crippen LogP contribution in [0, 0.1) is 5.92 Å². The number of aromatic hydroxyl groups is 1. The van der Waals surface area contributed by atoms with Crippen molar-refractivity contribution in [2.24, 2.45) is 10.9 Å². The van der Waals surface area contributed by atoms with Crippen LogP contribution in [0.25, 0.3) is 0 Å². The molecule has 0 saturated heterocycles. The molecular formula is C33H33NO6. The van der Waals surface area contributed by atoms with E-state index in [1.54, 1.807) is 38.5 Å². The van der Waals surface area contributed by atoms with Gasteiger partial charge in [0.15, 0.2) is 17.3 Å². The van der Waals surface area contributed by atoms with Gasteiger partial charge in [0.2, 0.25) is 0 Å². The fourth-order valence-electron chi connectivity index (χ4n) is 5.75. The molecule has 3 aromatic rings. The second-order valence-electron chi connectivity index (χ2n) is 10.2. The minimum absolute atomic E-state index is 0.0440. The highest BCUT2D eigenvalue weighted by Gasteiger charge is 2.44. The predicted molar refractivity (Wildman–Crippen MR) is 152 cm³/mol. The third-order valence-corrected chi connectivity index (χ3v) is 7.75. The summed E-state index contributed by atoms with van der Waals surface area (Å²) in [5.41, 5.74) is 4.67. The van der Waals surface area contributed by atoms with E-state index < -0.39 is 17.8 Å². The van der Waals surface area contributed by atoms with E-state index in [2.05, 4.69) is 0 Å². The third kappa shape index (κ3) is 5.50. The smallest absolute Gasteiger partial charge is 0.315 e. The van der Waals surface area contributed by atoms with Gasteiger partial charge in [0, 0.05) is 35.7 Å². The number of carbonyl (C=O) groups excluding carboxylic acids is 2. The topological polar surface area (TPSA) is 94.4 Å². The lowest BCUT2D eigenvalue weighted by Gasteiger charge is -2.36. The van der Waals surface area contributed by atoms with Gasteiger partial charge in [-0.3, -0.25) is 14.6 Å². The number of carbonyl (C=O) groups is 2. The Morgan fingerprint density at radius 1 is 0.925 bits per heavy atom. The quantitative estimate of drug-likeness (QED) is 0.365. The minimum Gasteiger partial charge on any atom is -0.508 e. The summed E-state index contributed by atoms with van der Waals surface area (Å²) in [7, 11) is 3.18. The maximum atomic E-state index is 13.8. The molecule has 0 spiro atoms. The lowest BCUT2D eigenvalue weighted by atomic mass is 9.69. The van der Waals surface area contributed by atoms with E-state index in [1.807, 2.05) is 55.5 Å². The van der Waals surface area contributed by atoms with Crippen molar-refractivity contribution in [2.45, 2.75) is 38.0 Å². The summed E-state index contributed by atoms with van der Waals surface area (Å²) in [5, 5.41) is 9.92. The lowest BCUT2D eigenvalue weighted by Crippen LogP contribution is -2.38. The van der Waals surface area contributed by atoms with Crippen LogP contribution in [0.15, 0.2) is 89.1 Å². The van der Waals surface area contributed by atoms with E-state index in [0.29, 0.717) is 41.3 Å². The number of methoxy groups -OCH3 is 2. The molecule has 2 aliphatic rings. The Balaban J connectivity index is 1.46.